The van der Waals surface area contributed by atoms with Gasteiger partial charge in [0.25, 0.3) is 0 Å². The van der Waals surface area contributed by atoms with Crippen LogP contribution in [-0.4, -0.2) is 34.1 Å². The van der Waals surface area contributed by atoms with Gasteiger partial charge in [-0.15, -0.1) is 5.10 Å². The largest absolute Gasteiger partial charge is 0.385 e. The highest BCUT2D eigenvalue weighted by molar-refractivity contribution is 5.31. The summed E-state index contributed by atoms with van der Waals surface area (Å²) in [5, 5.41) is 6.40. The third-order valence-corrected chi connectivity index (χ3v) is 2.21. The minimum Gasteiger partial charge on any atom is -0.346 e. The second-order valence-corrected chi connectivity index (χ2v) is 3.51. The highest BCUT2D eigenvalue weighted by Gasteiger charge is 2.87. The van der Waals surface area contributed by atoms with Crippen LogP contribution in [0.2, 0.25) is 0 Å². The molecule has 0 bridgehead atoms. The molecule has 13 heteroatoms. The van der Waals surface area contributed by atoms with Crippen LogP contribution in [0.4, 0.5) is 43.9 Å². The molecular formula is C8H2F10N2O. The van der Waals surface area contributed by atoms with E-state index < -0.39 is 35.3 Å². The van der Waals surface area contributed by atoms with Gasteiger partial charge in [0.15, 0.2) is 0 Å². The zero-order chi connectivity index (χ0) is 16.7. The Morgan fingerprint density at radius 1 is 0.762 bits per heavy atom. The summed E-state index contributed by atoms with van der Waals surface area (Å²) >= 11 is 0. The molecule has 1 aromatic heterocycles. The molecule has 120 valence electrons. The van der Waals surface area contributed by atoms with Crippen molar-refractivity contribution in [2.75, 3.05) is 0 Å². The normalized spacial score (nSPS) is 25.0. The maximum atomic E-state index is 12.3. The number of rotatable bonds is 0. The molecule has 0 saturated carbocycles. The Hall–Kier alpha value is -1.82. The van der Waals surface area contributed by atoms with Crippen LogP contribution in [-0.2, 0) is 0 Å². The average molecular weight is 332 g/mol. The highest BCUT2D eigenvalue weighted by Crippen LogP contribution is 2.62. The molecular weight excluding hydrogens is 330 g/mol. The van der Waals surface area contributed by atoms with Crippen LogP contribution in [0.25, 0.3) is 0 Å². The molecule has 2 rings (SSSR count). The minimum absolute atomic E-state index is 1.40. The maximum Gasteiger partial charge on any atom is 0.385 e. The van der Waals surface area contributed by atoms with Crippen LogP contribution < -0.4 is 0 Å². The van der Waals surface area contributed by atoms with Crippen molar-refractivity contribution in [3.8, 4) is 0 Å². The summed E-state index contributed by atoms with van der Waals surface area (Å²) in [4.78, 5) is 0. The van der Waals surface area contributed by atoms with Gasteiger partial charge in [-0.05, 0) is 0 Å². The molecule has 3 nitrogen and oxygen atoms in total. The number of alkyl halides is 8. The van der Waals surface area contributed by atoms with E-state index in [0.29, 0.717) is 0 Å². The Labute approximate surface area is 108 Å². The van der Waals surface area contributed by atoms with E-state index in [9.17, 15) is 43.9 Å². The monoisotopic (exact) mass is 332 g/mol. The van der Waals surface area contributed by atoms with Crippen molar-refractivity contribution >= 4 is 0 Å². The van der Waals surface area contributed by atoms with Gasteiger partial charge in [-0.1, -0.05) is 0 Å². The molecule has 0 unspecified atom stereocenters. The summed E-state index contributed by atoms with van der Waals surface area (Å²) < 4.78 is 126. The first kappa shape index (κ1) is 17.2. The predicted octanol–water partition coefficient (Wildman–Crippen LogP) is 3.76. The summed E-state index contributed by atoms with van der Waals surface area (Å²) in [5.41, 5.74) is 0. The van der Waals surface area contributed by atoms with Gasteiger partial charge in [-0.25, -0.2) is 8.78 Å². The van der Waals surface area contributed by atoms with Crippen molar-refractivity contribution in [2.45, 2.75) is 23.7 Å². The Morgan fingerprint density at radius 3 is 1.33 bits per heavy atom. The second-order valence-electron chi connectivity index (χ2n) is 3.51. The molecule has 21 heavy (non-hydrogen) atoms. The van der Waals surface area contributed by atoms with Crippen LogP contribution in [0.5, 0.6) is 0 Å². The van der Waals surface area contributed by atoms with Crippen LogP contribution >= 0.6 is 0 Å². The molecule has 0 amide bonds. The summed E-state index contributed by atoms with van der Waals surface area (Å²) in [6.45, 7) is 0. The third-order valence-electron chi connectivity index (χ3n) is 2.21. The summed E-state index contributed by atoms with van der Waals surface area (Å²) in [6.07, 6.45) is 2.88. The van der Waals surface area contributed by atoms with Crippen molar-refractivity contribution in [1.29, 1.82) is 0 Å². The quantitative estimate of drug-likeness (QED) is 0.679. The van der Waals surface area contributed by atoms with E-state index in [1.165, 1.54) is 12.5 Å². The van der Waals surface area contributed by atoms with Gasteiger partial charge in [0.1, 0.15) is 6.26 Å². The van der Waals surface area contributed by atoms with E-state index in [1.54, 1.807) is 0 Å². The van der Waals surface area contributed by atoms with Crippen LogP contribution in [0.15, 0.2) is 28.6 Å². The van der Waals surface area contributed by atoms with E-state index in [-0.39, 0.29) is 0 Å². The van der Waals surface area contributed by atoms with Gasteiger partial charge < -0.3 is 4.52 Å². The lowest BCUT2D eigenvalue weighted by molar-refractivity contribution is -0.367. The number of hydrogen-bond donors (Lipinski definition) is 0. The average Bonchev–Trinajstić information content (AvgIpc) is 2.94. The van der Waals surface area contributed by atoms with Crippen molar-refractivity contribution in [3.05, 3.63) is 24.1 Å². The van der Waals surface area contributed by atoms with E-state index >= 15 is 0 Å². The van der Waals surface area contributed by atoms with E-state index in [2.05, 4.69) is 14.9 Å². The van der Waals surface area contributed by atoms with E-state index in [0.717, 1.165) is 0 Å². The molecule has 0 N–H and O–H groups in total. The SMILES string of the molecule is FC1=C(F)C(F)(F)C(F)(F)C(F)(F)C1(F)F.c1conn1. The summed E-state index contributed by atoms with van der Waals surface area (Å²) in [6, 6.07) is 0. The maximum absolute atomic E-state index is 12.3. The van der Waals surface area contributed by atoms with E-state index in [4.69, 9.17) is 0 Å². The first-order valence-corrected chi connectivity index (χ1v) is 4.60. The second kappa shape index (κ2) is 4.87. The fraction of sp³-hybridized carbons (Fsp3) is 0.500. The van der Waals surface area contributed by atoms with Crippen LogP contribution in [0.1, 0.15) is 0 Å². The molecule has 0 aliphatic heterocycles. The molecule has 0 spiro atoms. The molecule has 1 aromatic rings. The smallest absolute Gasteiger partial charge is 0.346 e. The number of hydrogen-bond acceptors (Lipinski definition) is 3. The van der Waals surface area contributed by atoms with Crippen molar-refractivity contribution < 1.29 is 48.4 Å². The van der Waals surface area contributed by atoms with Gasteiger partial charge >= 0.3 is 23.7 Å². The fourth-order valence-electron chi connectivity index (χ4n) is 1.08. The first-order valence-electron chi connectivity index (χ1n) is 4.60. The Bertz CT molecular complexity index is 472. The molecule has 1 aliphatic rings. The predicted molar refractivity (Wildman–Crippen MR) is 43.3 cm³/mol. The molecule has 0 radical (unpaired) electrons. The standard InChI is InChI=1S/C6F10.C2H2N2O/c7-1-2(8)4(11,12)6(15,16)5(13,14)3(1,9)10;1-2-5-4-3-1/h;1-2H. The highest BCUT2D eigenvalue weighted by atomic mass is 19.4. The number of nitrogens with zero attached hydrogens (tertiary/aromatic N) is 2. The summed E-state index contributed by atoms with van der Waals surface area (Å²) in [5.74, 6) is -33.9. The first-order chi connectivity index (χ1) is 9.32. The lowest BCUT2D eigenvalue weighted by Crippen LogP contribution is -2.66. The number of aromatic nitrogens is 2. The zero-order valence-electron chi connectivity index (χ0n) is 9.24. The Kier molecular flexibility index (Phi) is 4.00. The fourth-order valence-corrected chi connectivity index (χ4v) is 1.08. The molecule has 0 fully saturated rings. The minimum atomic E-state index is -6.73. The van der Waals surface area contributed by atoms with Gasteiger partial charge in [-0.3, -0.25) is 0 Å². The van der Waals surface area contributed by atoms with Gasteiger partial charge in [-0.2, -0.15) is 35.1 Å². The van der Waals surface area contributed by atoms with Crippen molar-refractivity contribution in [1.82, 2.24) is 10.4 Å². The lowest BCUT2D eigenvalue weighted by atomic mass is 9.90. The molecule has 1 aliphatic carbocycles. The topological polar surface area (TPSA) is 38.9 Å². The van der Waals surface area contributed by atoms with Crippen molar-refractivity contribution in [2.24, 2.45) is 0 Å². The Morgan fingerprint density at radius 2 is 1.14 bits per heavy atom. The lowest BCUT2D eigenvalue weighted by Gasteiger charge is -2.39. The van der Waals surface area contributed by atoms with Crippen molar-refractivity contribution in [3.63, 3.8) is 0 Å². The Balaban J connectivity index is 0.000000369. The van der Waals surface area contributed by atoms with E-state index in [1.807, 2.05) is 0 Å². The number of halogens is 10. The van der Waals surface area contributed by atoms with Gasteiger partial charge in [0, 0.05) is 5.27 Å². The van der Waals surface area contributed by atoms with Crippen LogP contribution in [0, 0.1) is 0 Å². The zero-order valence-corrected chi connectivity index (χ0v) is 9.24. The van der Waals surface area contributed by atoms with Gasteiger partial charge in [0.2, 0.25) is 11.7 Å². The number of allylic oxidation sites excluding steroid dienone is 2. The summed E-state index contributed by atoms with van der Waals surface area (Å²) in [7, 11) is 0. The molecule has 1 heterocycles. The third kappa shape index (κ3) is 2.23. The molecule has 0 atom stereocenters. The van der Waals surface area contributed by atoms with Gasteiger partial charge in [0.05, 0.1) is 6.20 Å². The molecule has 0 aromatic carbocycles. The van der Waals surface area contributed by atoms with Crippen LogP contribution in [0.3, 0.4) is 0 Å². The molecule has 0 saturated heterocycles.